The van der Waals surface area contributed by atoms with Crippen molar-refractivity contribution in [3.8, 4) is 0 Å². The first-order chi connectivity index (χ1) is 8.27. The normalized spacial score (nSPS) is 20.2. The van der Waals surface area contributed by atoms with Gasteiger partial charge in [0, 0.05) is 0 Å². The minimum atomic E-state index is -1.43. The standard InChI is InChI=1S/C14H28O2P/c1-3-5-12-14(9-4-2)17(15)16-13-10-7-6-8-11-13/h13-14H,3-12H2,1-2H3/q+1. The molecule has 0 heterocycles. The highest BCUT2D eigenvalue weighted by Crippen LogP contribution is 2.39. The van der Waals surface area contributed by atoms with Crippen LogP contribution in [-0.2, 0) is 9.09 Å². The van der Waals surface area contributed by atoms with Crippen molar-refractivity contribution < 1.29 is 9.09 Å². The van der Waals surface area contributed by atoms with Gasteiger partial charge >= 0.3 is 8.03 Å². The summed E-state index contributed by atoms with van der Waals surface area (Å²) in [5.41, 5.74) is 0.303. The third-order valence-corrected chi connectivity index (χ3v) is 5.23. The van der Waals surface area contributed by atoms with Gasteiger partial charge in [0.05, 0.1) is 0 Å². The van der Waals surface area contributed by atoms with E-state index >= 15 is 0 Å². The van der Waals surface area contributed by atoms with Gasteiger partial charge in [-0.2, -0.15) is 0 Å². The average molecular weight is 259 g/mol. The van der Waals surface area contributed by atoms with Crippen LogP contribution in [0.2, 0.25) is 0 Å². The first-order valence-electron chi connectivity index (χ1n) is 7.41. The summed E-state index contributed by atoms with van der Waals surface area (Å²) in [4.78, 5) is 0. The Labute approximate surface area is 107 Å². The zero-order valence-electron chi connectivity index (χ0n) is 11.5. The predicted octanol–water partition coefficient (Wildman–Crippen LogP) is 5.44. The summed E-state index contributed by atoms with van der Waals surface area (Å²) in [5.74, 6) is 0. The lowest BCUT2D eigenvalue weighted by molar-refractivity contribution is 0.162. The molecule has 0 N–H and O–H groups in total. The monoisotopic (exact) mass is 259 g/mol. The molecule has 2 nitrogen and oxygen atoms in total. The van der Waals surface area contributed by atoms with Crippen molar-refractivity contribution in [1.82, 2.24) is 0 Å². The minimum Gasteiger partial charge on any atom is -0.143 e. The van der Waals surface area contributed by atoms with E-state index in [9.17, 15) is 4.57 Å². The fourth-order valence-corrected chi connectivity index (χ4v) is 4.07. The molecule has 2 unspecified atom stereocenters. The molecule has 0 aromatic heterocycles. The highest BCUT2D eigenvalue weighted by Gasteiger charge is 2.34. The van der Waals surface area contributed by atoms with Crippen LogP contribution in [0.3, 0.4) is 0 Å². The number of rotatable bonds is 8. The van der Waals surface area contributed by atoms with Crippen LogP contribution < -0.4 is 0 Å². The van der Waals surface area contributed by atoms with Gasteiger partial charge in [0.1, 0.15) is 6.10 Å². The molecule has 1 rings (SSSR count). The second-order valence-electron chi connectivity index (χ2n) is 5.24. The van der Waals surface area contributed by atoms with E-state index in [0.717, 1.165) is 32.1 Å². The quantitative estimate of drug-likeness (QED) is 0.543. The van der Waals surface area contributed by atoms with Crippen molar-refractivity contribution in [2.45, 2.75) is 89.8 Å². The van der Waals surface area contributed by atoms with E-state index < -0.39 is 8.03 Å². The van der Waals surface area contributed by atoms with Crippen molar-refractivity contribution in [3.05, 3.63) is 0 Å². The fourth-order valence-electron chi connectivity index (χ4n) is 2.53. The van der Waals surface area contributed by atoms with Gasteiger partial charge in [0.15, 0.2) is 5.66 Å². The predicted molar refractivity (Wildman–Crippen MR) is 73.8 cm³/mol. The summed E-state index contributed by atoms with van der Waals surface area (Å²) in [6.45, 7) is 4.36. The van der Waals surface area contributed by atoms with Crippen LogP contribution in [0.15, 0.2) is 0 Å². The number of hydrogen-bond donors (Lipinski definition) is 0. The van der Waals surface area contributed by atoms with Gasteiger partial charge in [0.25, 0.3) is 0 Å². The second kappa shape index (κ2) is 9.05. The van der Waals surface area contributed by atoms with E-state index in [0.29, 0.717) is 5.66 Å². The summed E-state index contributed by atoms with van der Waals surface area (Å²) in [5, 5.41) is 0. The molecular weight excluding hydrogens is 231 g/mol. The molecule has 0 spiro atoms. The summed E-state index contributed by atoms with van der Waals surface area (Å²) in [7, 11) is -1.43. The van der Waals surface area contributed by atoms with Crippen LogP contribution in [0.25, 0.3) is 0 Å². The summed E-state index contributed by atoms with van der Waals surface area (Å²) < 4.78 is 18.0. The first-order valence-corrected chi connectivity index (χ1v) is 8.65. The van der Waals surface area contributed by atoms with E-state index in [1.165, 1.54) is 32.1 Å². The molecule has 0 aromatic carbocycles. The average Bonchev–Trinajstić information content (AvgIpc) is 2.35. The number of hydrogen-bond acceptors (Lipinski definition) is 2. The molecule has 1 aliphatic carbocycles. The molecule has 0 radical (unpaired) electrons. The van der Waals surface area contributed by atoms with Crippen LogP contribution in [0, 0.1) is 0 Å². The fraction of sp³-hybridized carbons (Fsp3) is 1.00. The van der Waals surface area contributed by atoms with E-state index in [-0.39, 0.29) is 6.10 Å². The Balaban J connectivity index is 2.34. The Bertz CT molecular complexity index is 212. The zero-order chi connectivity index (χ0) is 12.5. The highest BCUT2D eigenvalue weighted by molar-refractivity contribution is 7.40. The maximum Gasteiger partial charge on any atom is 0.511 e. The zero-order valence-corrected chi connectivity index (χ0v) is 12.4. The molecular formula is C14H28O2P+. The molecule has 100 valence electrons. The summed E-state index contributed by atoms with van der Waals surface area (Å²) >= 11 is 0. The van der Waals surface area contributed by atoms with Gasteiger partial charge in [-0.25, -0.2) is 0 Å². The summed E-state index contributed by atoms with van der Waals surface area (Å²) in [6, 6.07) is 0. The molecule has 0 aliphatic heterocycles. The van der Waals surface area contributed by atoms with Crippen molar-refractivity contribution in [2.75, 3.05) is 0 Å². The van der Waals surface area contributed by atoms with E-state index in [2.05, 4.69) is 13.8 Å². The second-order valence-corrected chi connectivity index (χ2v) is 6.75. The van der Waals surface area contributed by atoms with Crippen LogP contribution in [-0.4, -0.2) is 11.8 Å². The molecule has 1 aliphatic rings. The van der Waals surface area contributed by atoms with Crippen molar-refractivity contribution >= 4 is 8.03 Å². The van der Waals surface area contributed by atoms with Crippen LogP contribution in [0.1, 0.15) is 78.1 Å². The lowest BCUT2D eigenvalue weighted by Gasteiger charge is -2.17. The molecule has 2 atom stereocenters. The molecule has 0 saturated heterocycles. The van der Waals surface area contributed by atoms with E-state index in [4.69, 9.17) is 4.52 Å². The Hall–Kier alpha value is 0.0600. The van der Waals surface area contributed by atoms with Gasteiger partial charge in [-0.15, -0.1) is 4.52 Å². The van der Waals surface area contributed by atoms with E-state index in [1.807, 2.05) is 0 Å². The Morgan fingerprint density at radius 3 is 2.41 bits per heavy atom. The third kappa shape index (κ3) is 5.97. The van der Waals surface area contributed by atoms with Crippen molar-refractivity contribution in [1.29, 1.82) is 0 Å². The number of unbranched alkanes of at least 4 members (excludes halogenated alkanes) is 1. The SMILES string of the molecule is CCCCC(CCC)[P+](=O)OC1CCCCC1. The van der Waals surface area contributed by atoms with Crippen molar-refractivity contribution in [2.24, 2.45) is 0 Å². The summed E-state index contributed by atoms with van der Waals surface area (Å²) in [6.07, 6.45) is 12.0. The molecule has 0 aromatic rings. The first kappa shape index (κ1) is 15.1. The van der Waals surface area contributed by atoms with E-state index in [1.54, 1.807) is 0 Å². The smallest absolute Gasteiger partial charge is 0.143 e. The van der Waals surface area contributed by atoms with Crippen LogP contribution >= 0.6 is 8.03 Å². The molecule has 3 heteroatoms. The van der Waals surface area contributed by atoms with Gasteiger partial charge in [-0.3, -0.25) is 0 Å². The molecule has 0 amide bonds. The Kier molecular flexibility index (Phi) is 8.05. The van der Waals surface area contributed by atoms with Crippen LogP contribution in [0.4, 0.5) is 0 Å². The Morgan fingerprint density at radius 2 is 1.82 bits per heavy atom. The Morgan fingerprint density at radius 1 is 1.12 bits per heavy atom. The molecule has 1 saturated carbocycles. The highest BCUT2D eigenvalue weighted by atomic mass is 31.1. The van der Waals surface area contributed by atoms with Gasteiger partial charge in [-0.1, -0.05) is 46.0 Å². The molecule has 1 fully saturated rings. The lowest BCUT2D eigenvalue weighted by atomic mass is 9.98. The van der Waals surface area contributed by atoms with Crippen molar-refractivity contribution in [3.63, 3.8) is 0 Å². The van der Waals surface area contributed by atoms with Gasteiger partial charge < -0.3 is 0 Å². The van der Waals surface area contributed by atoms with Gasteiger partial charge in [-0.05, 0) is 36.7 Å². The topological polar surface area (TPSA) is 26.3 Å². The largest absolute Gasteiger partial charge is 0.511 e. The minimum absolute atomic E-state index is 0.286. The molecule has 17 heavy (non-hydrogen) atoms. The molecule has 0 bridgehead atoms. The van der Waals surface area contributed by atoms with Gasteiger partial charge in [0.2, 0.25) is 0 Å². The maximum absolute atomic E-state index is 12.2. The van der Waals surface area contributed by atoms with Crippen LogP contribution in [0.5, 0.6) is 0 Å². The maximum atomic E-state index is 12.2. The lowest BCUT2D eigenvalue weighted by Crippen LogP contribution is -2.15. The third-order valence-electron chi connectivity index (χ3n) is 3.62.